The minimum absolute atomic E-state index is 0.111. The molecule has 0 amide bonds. The molecule has 0 aliphatic rings. The van der Waals surface area contributed by atoms with Gasteiger partial charge in [0.05, 0.1) is 6.85 Å². The van der Waals surface area contributed by atoms with Crippen LogP contribution in [0.3, 0.4) is 0 Å². The Morgan fingerprint density at radius 1 is 0.380 bits per heavy atom. The predicted molar refractivity (Wildman–Crippen MR) is 202 cm³/mol. The van der Waals surface area contributed by atoms with E-state index in [2.05, 4.69) is 30.3 Å². The van der Waals surface area contributed by atoms with Gasteiger partial charge < -0.3 is 8.83 Å². The molecule has 0 saturated heterocycles. The van der Waals surface area contributed by atoms with Crippen molar-refractivity contribution in [2.24, 2.45) is 0 Å². The van der Waals surface area contributed by atoms with E-state index in [0.717, 1.165) is 66.1 Å². The first-order valence-corrected chi connectivity index (χ1v) is 16.2. The number of furan rings is 2. The van der Waals surface area contributed by atoms with E-state index in [1.165, 1.54) is 0 Å². The molecule has 234 valence electrons. The molecule has 10 rings (SSSR count). The number of hydrogen-bond donors (Lipinski definition) is 0. The number of para-hydroxylation sites is 2. The van der Waals surface area contributed by atoms with Crippen molar-refractivity contribution in [2.75, 3.05) is 0 Å². The van der Waals surface area contributed by atoms with Gasteiger partial charge in [-0.05, 0) is 59.2 Å². The summed E-state index contributed by atoms with van der Waals surface area (Å²) >= 11 is 0. The van der Waals surface area contributed by atoms with E-state index in [0.29, 0.717) is 28.6 Å². The highest BCUT2D eigenvalue weighted by atomic mass is 16.3. The lowest BCUT2D eigenvalue weighted by Crippen LogP contribution is -2.00. The molecule has 0 aliphatic carbocycles. The van der Waals surface area contributed by atoms with Gasteiger partial charge in [0.25, 0.3) is 0 Å². The highest BCUT2D eigenvalue weighted by molar-refractivity contribution is 6.11. The van der Waals surface area contributed by atoms with Crippen LogP contribution in [0.1, 0.15) is 6.85 Å². The zero-order valence-corrected chi connectivity index (χ0v) is 26.4. The van der Waals surface area contributed by atoms with Crippen LogP contribution < -0.4 is 0 Å². The number of benzene rings is 7. The highest BCUT2D eigenvalue weighted by Gasteiger charge is 2.17. The summed E-state index contributed by atoms with van der Waals surface area (Å²) < 4.78 is 54.2. The van der Waals surface area contributed by atoms with Crippen molar-refractivity contribution in [2.45, 2.75) is 0 Å². The van der Waals surface area contributed by atoms with Crippen LogP contribution in [0.15, 0.2) is 173 Å². The summed E-state index contributed by atoms with van der Waals surface area (Å²) in [6, 6.07) is 41.3. The second-order valence-electron chi connectivity index (χ2n) is 12.1. The molecular formula is C45H27N3O2. The van der Waals surface area contributed by atoms with Crippen molar-refractivity contribution in [3.05, 3.63) is 164 Å². The Kier molecular flexibility index (Phi) is 5.35. The summed E-state index contributed by atoms with van der Waals surface area (Å²) in [5.41, 5.74) is 7.85. The van der Waals surface area contributed by atoms with E-state index in [-0.39, 0.29) is 17.6 Å². The molecule has 3 aromatic heterocycles. The average Bonchev–Trinajstić information content (AvgIpc) is 3.80. The maximum atomic E-state index is 8.53. The number of nitrogens with zero attached hydrogens (tertiary/aromatic N) is 3. The fourth-order valence-corrected chi connectivity index (χ4v) is 6.62. The second kappa shape index (κ2) is 11.4. The van der Waals surface area contributed by atoms with Crippen molar-refractivity contribution in [1.29, 1.82) is 0 Å². The Balaban J connectivity index is 1.09. The summed E-state index contributed by atoms with van der Waals surface area (Å²) in [6.07, 6.45) is 0. The Bertz CT molecular complexity index is 3150. The largest absolute Gasteiger partial charge is 0.456 e. The first-order valence-electron chi connectivity index (χ1n) is 18.7. The molecule has 5 nitrogen and oxygen atoms in total. The normalized spacial score (nSPS) is 13.0. The molecule has 0 aliphatic heterocycles. The molecule has 0 radical (unpaired) electrons. The number of rotatable bonds is 5. The Labute approximate surface area is 294 Å². The standard InChI is InChI=1S/C45H27N3O2/c1-3-11-28(12-4-1)30-15-9-16-32(25-30)44-46-43(29-13-5-2-6-14-29)47-45(48-44)33-22-24-40-38(26-33)36-23-21-31(27-41(36)49-40)34-18-10-19-37-35-17-7-8-20-39(35)50-42(34)37/h1-27H/i1D,3D,4D,11D,12D. The lowest BCUT2D eigenvalue weighted by atomic mass is 10.0. The molecule has 0 spiro atoms. The van der Waals surface area contributed by atoms with Gasteiger partial charge in [0.15, 0.2) is 17.5 Å². The SMILES string of the molecule is [2H]c1c([2H])c([2H])c(-c2cccc(-c3nc(-c4ccccc4)nc(-c4ccc5oc6cc(-c7cccc8c7oc7ccccc78)ccc6c5c4)n3)c2)c([2H])c1[2H]. The van der Waals surface area contributed by atoms with Crippen LogP contribution in [-0.2, 0) is 0 Å². The molecule has 0 fully saturated rings. The molecule has 0 saturated carbocycles. The van der Waals surface area contributed by atoms with Gasteiger partial charge in [0.1, 0.15) is 22.3 Å². The molecule has 0 unspecified atom stereocenters. The van der Waals surface area contributed by atoms with Crippen LogP contribution in [-0.4, -0.2) is 15.0 Å². The van der Waals surface area contributed by atoms with Crippen LogP contribution >= 0.6 is 0 Å². The van der Waals surface area contributed by atoms with Gasteiger partial charge in [0, 0.05) is 43.8 Å². The molecule has 10 aromatic rings. The van der Waals surface area contributed by atoms with E-state index in [9.17, 15) is 0 Å². The zero-order chi connectivity index (χ0) is 37.4. The zero-order valence-electron chi connectivity index (χ0n) is 31.4. The number of hydrogen-bond acceptors (Lipinski definition) is 5. The maximum Gasteiger partial charge on any atom is 0.164 e. The fraction of sp³-hybridized carbons (Fsp3) is 0. The lowest BCUT2D eigenvalue weighted by Gasteiger charge is -2.10. The van der Waals surface area contributed by atoms with Crippen LogP contribution in [0.4, 0.5) is 0 Å². The third kappa shape index (κ3) is 4.75. The minimum Gasteiger partial charge on any atom is -0.456 e. The van der Waals surface area contributed by atoms with Crippen LogP contribution in [0.2, 0.25) is 0 Å². The fourth-order valence-electron chi connectivity index (χ4n) is 6.62. The molecule has 50 heavy (non-hydrogen) atoms. The van der Waals surface area contributed by atoms with Crippen molar-refractivity contribution in [3.63, 3.8) is 0 Å². The van der Waals surface area contributed by atoms with Gasteiger partial charge in [-0.25, -0.2) is 15.0 Å². The Morgan fingerprint density at radius 3 is 1.88 bits per heavy atom. The van der Waals surface area contributed by atoms with Gasteiger partial charge in [-0.1, -0.05) is 121 Å². The molecule has 7 aromatic carbocycles. The van der Waals surface area contributed by atoms with E-state index < -0.39 is 18.1 Å². The monoisotopic (exact) mass is 646 g/mol. The Morgan fingerprint density at radius 2 is 1.02 bits per heavy atom. The summed E-state index contributed by atoms with van der Waals surface area (Å²) in [5.74, 6) is 1.29. The van der Waals surface area contributed by atoms with Gasteiger partial charge in [-0.3, -0.25) is 0 Å². The van der Waals surface area contributed by atoms with Crippen molar-refractivity contribution in [1.82, 2.24) is 15.0 Å². The van der Waals surface area contributed by atoms with Gasteiger partial charge in [0.2, 0.25) is 0 Å². The van der Waals surface area contributed by atoms with E-state index >= 15 is 0 Å². The van der Waals surface area contributed by atoms with E-state index in [4.69, 9.17) is 30.6 Å². The quantitative estimate of drug-likeness (QED) is 0.186. The van der Waals surface area contributed by atoms with E-state index in [1.54, 1.807) is 18.2 Å². The smallest absolute Gasteiger partial charge is 0.164 e. The summed E-state index contributed by atoms with van der Waals surface area (Å²) in [5, 5.41) is 4.00. The molecule has 3 heterocycles. The summed E-state index contributed by atoms with van der Waals surface area (Å²) in [7, 11) is 0. The molecule has 0 atom stereocenters. The summed E-state index contributed by atoms with van der Waals surface area (Å²) in [6.45, 7) is 0. The first-order chi connectivity index (χ1) is 26.8. The van der Waals surface area contributed by atoms with Crippen molar-refractivity contribution >= 4 is 43.9 Å². The minimum atomic E-state index is -0.437. The topological polar surface area (TPSA) is 65.0 Å². The second-order valence-corrected chi connectivity index (χ2v) is 12.1. The van der Waals surface area contributed by atoms with E-state index in [1.807, 2.05) is 84.9 Å². The van der Waals surface area contributed by atoms with Gasteiger partial charge >= 0.3 is 0 Å². The van der Waals surface area contributed by atoms with Crippen LogP contribution in [0, 0.1) is 0 Å². The lowest BCUT2D eigenvalue weighted by molar-refractivity contribution is 0.668. The number of fused-ring (bicyclic) bond motifs is 6. The van der Waals surface area contributed by atoms with Crippen LogP contribution in [0.5, 0.6) is 0 Å². The molecule has 0 N–H and O–H groups in total. The summed E-state index contributed by atoms with van der Waals surface area (Å²) in [4.78, 5) is 14.7. The number of aromatic nitrogens is 3. The average molecular weight is 647 g/mol. The molecular weight excluding hydrogens is 615 g/mol. The predicted octanol–water partition coefficient (Wildman–Crippen LogP) is 12.0. The first kappa shape index (κ1) is 23.5. The third-order valence-electron chi connectivity index (χ3n) is 9.02. The molecule has 5 heteroatoms. The van der Waals surface area contributed by atoms with Gasteiger partial charge in [-0.2, -0.15) is 0 Å². The molecule has 0 bridgehead atoms. The van der Waals surface area contributed by atoms with Gasteiger partial charge in [-0.15, -0.1) is 0 Å². The highest BCUT2D eigenvalue weighted by Crippen LogP contribution is 2.39. The third-order valence-corrected chi connectivity index (χ3v) is 9.02. The Hall–Kier alpha value is -6.85. The van der Waals surface area contributed by atoms with Crippen molar-refractivity contribution in [3.8, 4) is 56.4 Å². The maximum absolute atomic E-state index is 8.53. The van der Waals surface area contributed by atoms with Crippen LogP contribution in [0.25, 0.3) is 100 Å². The van der Waals surface area contributed by atoms with Crippen molar-refractivity contribution < 1.29 is 15.7 Å².